The Bertz CT molecular complexity index is 1010. The van der Waals surface area contributed by atoms with E-state index in [-0.39, 0.29) is 5.56 Å². The van der Waals surface area contributed by atoms with E-state index in [0.717, 1.165) is 11.1 Å². The van der Waals surface area contributed by atoms with Crippen LogP contribution >= 0.6 is 0 Å². The lowest BCUT2D eigenvalue weighted by molar-refractivity contribution is 0.0947. The number of hydrogen-bond acceptors (Lipinski definition) is 4. The highest BCUT2D eigenvalue weighted by molar-refractivity contribution is 6.03. The van der Waals surface area contributed by atoms with E-state index in [2.05, 4.69) is 10.4 Å². The summed E-state index contributed by atoms with van der Waals surface area (Å²) in [5.41, 5.74) is 2.51. The predicted molar refractivity (Wildman–Crippen MR) is 114 cm³/mol. The maximum atomic E-state index is 13.1. The summed E-state index contributed by atoms with van der Waals surface area (Å²) in [5, 5.41) is 7.45. The van der Waals surface area contributed by atoms with Gasteiger partial charge in [-0.1, -0.05) is 60.7 Å². The Kier molecular flexibility index (Phi) is 6.92. The van der Waals surface area contributed by atoms with E-state index < -0.39 is 11.5 Å². The number of amides is 1. The van der Waals surface area contributed by atoms with Crippen LogP contribution in [0.1, 0.15) is 23.7 Å². The highest BCUT2D eigenvalue weighted by atomic mass is 16.5. The molecule has 3 aromatic rings. The second-order valence-corrected chi connectivity index (χ2v) is 6.55. The molecule has 0 aliphatic rings. The standard InChI is InChI=1S/C23H25N3O3/c1-3-26-23(28)20(22(27)24-15-10-16-29-2)19(17-11-6-4-7-12-17)21(25-26)18-13-8-5-9-14-18/h4-9,11-14H,3,10,15-16H2,1-2H3,(H,24,27). The first-order chi connectivity index (χ1) is 14.2. The van der Waals surface area contributed by atoms with Crippen LogP contribution in [0.15, 0.2) is 65.5 Å². The number of ether oxygens (including phenoxy) is 1. The number of methoxy groups -OCH3 is 1. The number of nitrogens with zero attached hydrogens (tertiary/aromatic N) is 2. The summed E-state index contributed by atoms with van der Waals surface area (Å²) in [4.78, 5) is 26.2. The lowest BCUT2D eigenvalue weighted by Crippen LogP contribution is -2.36. The van der Waals surface area contributed by atoms with Gasteiger partial charge in [-0.3, -0.25) is 9.59 Å². The van der Waals surface area contributed by atoms with Crippen molar-refractivity contribution in [1.29, 1.82) is 0 Å². The molecule has 29 heavy (non-hydrogen) atoms. The van der Waals surface area contributed by atoms with E-state index >= 15 is 0 Å². The monoisotopic (exact) mass is 391 g/mol. The Morgan fingerprint density at radius 3 is 2.24 bits per heavy atom. The zero-order valence-electron chi connectivity index (χ0n) is 16.7. The first-order valence-corrected chi connectivity index (χ1v) is 9.70. The molecule has 0 unspecified atom stereocenters. The first-order valence-electron chi connectivity index (χ1n) is 9.70. The minimum atomic E-state index is -0.397. The van der Waals surface area contributed by atoms with Crippen molar-refractivity contribution in [2.45, 2.75) is 19.9 Å². The van der Waals surface area contributed by atoms with Crippen LogP contribution in [0.5, 0.6) is 0 Å². The number of carbonyl (C=O) groups is 1. The van der Waals surface area contributed by atoms with Crippen LogP contribution in [0, 0.1) is 0 Å². The number of carbonyl (C=O) groups excluding carboxylic acids is 1. The van der Waals surface area contributed by atoms with Crippen molar-refractivity contribution in [1.82, 2.24) is 15.1 Å². The van der Waals surface area contributed by atoms with E-state index in [4.69, 9.17) is 4.74 Å². The van der Waals surface area contributed by atoms with Crippen LogP contribution < -0.4 is 10.9 Å². The largest absolute Gasteiger partial charge is 0.385 e. The quantitative estimate of drug-likeness (QED) is 0.598. The fourth-order valence-corrected chi connectivity index (χ4v) is 3.19. The van der Waals surface area contributed by atoms with Crippen LogP contribution in [0.2, 0.25) is 0 Å². The number of nitrogens with one attached hydrogen (secondary N) is 1. The SMILES string of the molecule is CCn1nc(-c2ccccc2)c(-c2ccccc2)c(C(=O)NCCCOC)c1=O. The number of aromatic nitrogens is 2. The maximum absolute atomic E-state index is 13.1. The van der Waals surface area contributed by atoms with Crippen molar-refractivity contribution < 1.29 is 9.53 Å². The molecule has 1 heterocycles. The lowest BCUT2D eigenvalue weighted by Gasteiger charge is -2.16. The van der Waals surface area contributed by atoms with Gasteiger partial charge in [-0.2, -0.15) is 5.10 Å². The molecular formula is C23H25N3O3. The van der Waals surface area contributed by atoms with Crippen molar-refractivity contribution in [2.24, 2.45) is 0 Å². The Morgan fingerprint density at radius 1 is 1.03 bits per heavy atom. The molecule has 0 atom stereocenters. The third-order valence-electron chi connectivity index (χ3n) is 4.60. The lowest BCUT2D eigenvalue weighted by atomic mass is 9.95. The van der Waals surface area contributed by atoms with Crippen molar-refractivity contribution >= 4 is 5.91 Å². The first kappa shape index (κ1) is 20.5. The van der Waals surface area contributed by atoms with Gasteiger partial charge in [-0.05, 0) is 18.9 Å². The van der Waals surface area contributed by atoms with Gasteiger partial charge in [0.25, 0.3) is 11.5 Å². The molecule has 2 aromatic carbocycles. The number of benzene rings is 2. The van der Waals surface area contributed by atoms with Crippen molar-refractivity contribution in [3.8, 4) is 22.4 Å². The highest BCUT2D eigenvalue weighted by Gasteiger charge is 2.24. The molecule has 0 bridgehead atoms. The van der Waals surface area contributed by atoms with Crippen LogP contribution in [0.4, 0.5) is 0 Å². The second kappa shape index (κ2) is 9.80. The minimum absolute atomic E-state index is 0.115. The summed E-state index contributed by atoms with van der Waals surface area (Å²) in [6.07, 6.45) is 0.668. The molecular weight excluding hydrogens is 366 g/mol. The molecule has 1 amide bonds. The van der Waals surface area contributed by atoms with E-state index in [1.54, 1.807) is 7.11 Å². The number of aryl methyl sites for hydroxylation is 1. The van der Waals surface area contributed by atoms with E-state index in [0.29, 0.717) is 37.4 Å². The van der Waals surface area contributed by atoms with Gasteiger partial charge in [-0.25, -0.2) is 4.68 Å². The summed E-state index contributed by atoms with van der Waals surface area (Å²) >= 11 is 0. The van der Waals surface area contributed by atoms with Gasteiger partial charge in [0.2, 0.25) is 0 Å². The Hall–Kier alpha value is -3.25. The zero-order valence-corrected chi connectivity index (χ0v) is 16.7. The van der Waals surface area contributed by atoms with Gasteiger partial charge in [0.05, 0.1) is 5.69 Å². The summed E-state index contributed by atoms with van der Waals surface area (Å²) in [5.74, 6) is -0.397. The van der Waals surface area contributed by atoms with Crippen LogP contribution in [0.25, 0.3) is 22.4 Å². The van der Waals surface area contributed by atoms with Crippen LogP contribution in [0.3, 0.4) is 0 Å². The van der Waals surface area contributed by atoms with Crippen molar-refractivity contribution in [2.75, 3.05) is 20.3 Å². The molecule has 0 radical (unpaired) electrons. The van der Waals surface area contributed by atoms with Gasteiger partial charge in [0.15, 0.2) is 0 Å². The molecule has 0 aliphatic carbocycles. The van der Waals surface area contributed by atoms with Gasteiger partial charge in [-0.15, -0.1) is 0 Å². The average molecular weight is 391 g/mol. The van der Waals surface area contributed by atoms with E-state index in [9.17, 15) is 9.59 Å². The zero-order chi connectivity index (χ0) is 20.6. The molecule has 1 aromatic heterocycles. The molecule has 6 heteroatoms. The Morgan fingerprint density at radius 2 is 1.66 bits per heavy atom. The molecule has 6 nitrogen and oxygen atoms in total. The van der Waals surface area contributed by atoms with E-state index in [1.807, 2.05) is 67.6 Å². The highest BCUT2D eigenvalue weighted by Crippen LogP contribution is 2.31. The van der Waals surface area contributed by atoms with Gasteiger partial charge in [0.1, 0.15) is 5.56 Å². The number of hydrogen-bond donors (Lipinski definition) is 1. The third kappa shape index (κ3) is 4.60. The van der Waals surface area contributed by atoms with E-state index in [1.165, 1.54) is 4.68 Å². The summed E-state index contributed by atoms with van der Waals surface area (Å²) in [6.45, 7) is 3.18. The number of rotatable bonds is 8. The van der Waals surface area contributed by atoms with Gasteiger partial charge < -0.3 is 10.1 Å². The molecule has 150 valence electrons. The summed E-state index contributed by atoms with van der Waals surface area (Å²) in [7, 11) is 1.62. The normalized spacial score (nSPS) is 10.7. The average Bonchev–Trinajstić information content (AvgIpc) is 2.77. The summed E-state index contributed by atoms with van der Waals surface area (Å²) < 4.78 is 6.38. The van der Waals surface area contributed by atoms with Crippen LogP contribution in [-0.2, 0) is 11.3 Å². The third-order valence-corrected chi connectivity index (χ3v) is 4.60. The summed E-state index contributed by atoms with van der Waals surface area (Å²) in [6, 6.07) is 19.1. The molecule has 0 aliphatic heterocycles. The molecule has 0 fully saturated rings. The fraction of sp³-hybridized carbons (Fsp3) is 0.261. The minimum Gasteiger partial charge on any atom is -0.385 e. The van der Waals surface area contributed by atoms with Crippen molar-refractivity contribution in [3.05, 3.63) is 76.6 Å². The van der Waals surface area contributed by atoms with Crippen molar-refractivity contribution in [3.63, 3.8) is 0 Å². The molecule has 0 saturated carbocycles. The van der Waals surface area contributed by atoms with Gasteiger partial charge >= 0.3 is 0 Å². The predicted octanol–water partition coefficient (Wildman–Crippen LogP) is 3.36. The second-order valence-electron chi connectivity index (χ2n) is 6.55. The topological polar surface area (TPSA) is 73.2 Å². The Balaban J connectivity index is 2.22. The Labute approximate surface area is 170 Å². The van der Waals surface area contributed by atoms with Gasteiger partial charge in [0, 0.05) is 37.9 Å². The molecule has 0 spiro atoms. The molecule has 3 rings (SSSR count). The molecule has 1 N–H and O–H groups in total. The molecule has 0 saturated heterocycles. The van der Waals surface area contributed by atoms with Crippen LogP contribution in [-0.4, -0.2) is 35.9 Å². The fourth-order valence-electron chi connectivity index (χ4n) is 3.19. The smallest absolute Gasteiger partial charge is 0.280 e. The maximum Gasteiger partial charge on any atom is 0.280 e.